The van der Waals surface area contributed by atoms with Crippen molar-refractivity contribution in [3.05, 3.63) is 0 Å². The van der Waals surface area contributed by atoms with Crippen LogP contribution in [0.1, 0.15) is 0 Å². The molecule has 240 valence electrons. The highest BCUT2D eigenvalue weighted by molar-refractivity contribution is 7.74. The summed E-state index contributed by atoms with van der Waals surface area (Å²) in [5, 5.41) is 0. The molecule has 0 saturated carbocycles. The zero-order chi connectivity index (χ0) is 27.0. The highest BCUT2D eigenvalue weighted by Crippen LogP contribution is 2.42. The Bertz CT molecular complexity index is 231. The van der Waals surface area contributed by atoms with Gasteiger partial charge in [-0.25, -0.2) is 0 Å². The summed E-state index contributed by atoms with van der Waals surface area (Å²) >= 11 is 0. The van der Waals surface area contributed by atoms with E-state index in [1.165, 1.54) is 0 Å². The van der Waals surface area contributed by atoms with Gasteiger partial charge in [0.2, 0.25) is 0 Å². The summed E-state index contributed by atoms with van der Waals surface area (Å²) in [5.74, 6) is 0. The molecule has 0 N–H and O–H groups in total. The first-order chi connectivity index (χ1) is 12.0. The van der Waals surface area contributed by atoms with Gasteiger partial charge < -0.3 is 28.2 Å². The van der Waals surface area contributed by atoms with E-state index < -0.39 is 0 Å². The Kier molecular flexibility index (Phi) is 71.4. The molecule has 0 saturated heterocycles. The summed E-state index contributed by atoms with van der Waals surface area (Å²) in [6.07, 6.45) is 0. The molecule has 0 fully saturated rings. The topological polar surface area (TPSA) is 0 Å². The minimum atomic E-state index is -0.389. The smallest absolute Gasteiger partial charge is 0.0481 e. The van der Waals surface area contributed by atoms with Crippen LogP contribution in [0.4, 0.5) is 0 Å². The van der Waals surface area contributed by atoms with Crippen LogP contribution in [0, 0.1) is 0 Å². The quantitative estimate of drug-likeness (QED) is 0.179. The van der Waals surface area contributed by atoms with E-state index in [0.29, 0.717) is 0 Å². The summed E-state index contributed by atoms with van der Waals surface area (Å²) < 4.78 is 0. The fourth-order valence-corrected chi connectivity index (χ4v) is 0. The van der Waals surface area contributed by atoms with E-state index in [4.69, 9.17) is 0 Å². The summed E-state index contributed by atoms with van der Waals surface area (Å²) in [6, 6.07) is 0. The van der Waals surface area contributed by atoms with Crippen molar-refractivity contribution < 1.29 is 28.2 Å². The molecule has 36 heavy (non-hydrogen) atoms. The van der Waals surface area contributed by atoms with Crippen molar-refractivity contribution in [2.45, 2.75) is 0 Å². The molecule has 0 unspecified atom stereocenters. The van der Waals surface area contributed by atoms with E-state index >= 15 is 0 Å². The van der Waals surface area contributed by atoms with E-state index in [9.17, 15) is 0 Å². The summed E-state index contributed by atoms with van der Waals surface area (Å²) in [4.78, 5) is 0. The van der Waals surface area contributed by atoms with Crippen LogP contribution in [-0.4, -0.2) is 160 Å². The molecule has 0 rings (SSSR count). The van der Waals surface area contributed by atoms with Crippen LogP contribution in [0.3, 0.4) is 0 Å². The normalized spacial score (nSPS) is 10.0. The fourth-order valence-electron chi connectivity index (χ4n) is 0. The molecule has 0 aliphatic rings. The SMILES string of the molecule is C[P+](C)(C)C.C[P+](C)(C)C.C[P+](C)(C)C.C[P+](C)(C)C.C[P+](C)(C)C.C[P+](C)(C)C.[F-].[F-].[F-].[F-].[F-].[F-]. The molecular weight excluding hydrogens is 588 g/mol. The maximum atomic E-state index is 2.30. The average molecular weight is 661 g/mol. The molecule has 0 nitrogen and oxygen atoms in total. The maximum Gasteiger partial charge on any atom is 0.0481 e. The van der Waals surface area contributed by atoms with E-state index in [1.54, 1.807) is 0 Å². The second-order valence-electron chi connectivity index (χ2n) is 16.1. The first-order valence-electron chi connectivity index (χ1n) is 10.7. The van der Waals surface area contributed by atoms with Gasteiger partial charge in [0.1, 0.15) is 0 Å². The van der Waals surface area contributed by atoms with E-state index in [-0.39, 0.29) is 71.8 Å². The van der Waals surface area contributed by atoms with Crippen molar-refractivity contribution in [1.29, 1.82) is 0 Å². The monoisotopic (exact) mass is 660 g/mol. The summed E-state index contributed by atoms with van der Waals surface area (Å²) in [7, 11) is -2.33. The molecule has 0 aromatic heterocycles. The lowest BCUT2D eigenvalue weighted by Gasteiger charge is -1.97. The standard InChI is InChI=1S/6C4H12P.6FH/c6*1-5(2,3)4;;;;;;/h6*1-4H3;6*1H/q6*+1;;;;;;/p-6. The maximum absolute atomic E-state index is 2.30. The fraction of sp³-hybridized carbons (Fsp3) is 1.00. The van der Waals surface area contributed by atoms with Gasteiger partial charge in [-0.1, -0.05) is 0 Å². The van der Waals surface area contributed by atoms with Crippen molar-refractivity contribution in [3.8, 4) is 0 Å². The minimum absolute atomic E-state index is 0. The third kappa shape index (κ3) is 9580. The van der Waals surface area contributed by atoms with Crippen LogP contribution in [0.5, 0.6) is 0 Å². The molecule has 0 amide bonds. The number of hydrogen-bond acceptors (Lipinski definition) is 0. The molecule has 0 radical (unpaired) electrons. The largest absolute Gasteiger partial charge is 1.00 e. The molecule has 0 aromatic carbocycles. The number of hydrogen-bond donors (Lipinski definition) is 0. The van der Waals surface area contributed by atoms with Gasteiger partial charge in [-0.05, 0) is 0 Å². The molecule has 0 heterocycles. The van der Waals surface area contributed by atoms with Gasteiger partial charge in [0.25, 0.3) is 0 Å². The van der Waals surface area contributed by atoms with Crippen molar-refractivity contribution in [3.63, 3.8) is 0 Å². The first-order valence-corrected chi connectivity index (χ1v) is 32.2. The highest BCUT2D eigenvalue weighted by Gasteiger charge is 2.05. The molecular formula is C24H72F6P6. The van der Waals surface area contributed by atoms with Gasteiger partial charge in [0, 0.05) is 204 Å². The third-order valence-corrected chi connectivity index (χ3v) is 0. The Hall–Kier alpha value is 2.16. The Morgan fingerprint density at radius 1 is 0.139 bits per heavy atom. The van der Waals surface area contributed by atoms with Crippen molar-refractivity contribution in [2.75, 3.05) is 160 Å². The lowest BCUT2D eigenvalue weighted by atomic mass is 11.8. The van der Waals surface area contributed by atoms with Crippen LogP contribution in [0.15, 0.2) is 0 Å². The van der Waals surface area contributed by atoms with E-state index in [1.807, 2.05) is 0 Å². The third-order valence-electron chi connectivity index (χ3n) is 0. The predicted octanol–water partition coefficient (Wildman–Crippen LogP) is -8.84. The van der Waals surface area contributed by atoms with Crippen LogP contribution in [-0.2, 0) is 0 Å². The molecule has 0 aliphatic heterocycles. The van der Waals surface area contributed by atoms with Gasteiger partial charge >= 0.3 is 0 Å². The van der Waals surface area contributed by atoms with Crippen molar-refractivity contribution in [1.82, 2.24) is 0 Å². The lowest BCUT2D eigenvalue weighted by Crippen LogP contribution is -3.00. The zero-order valence-electron chi connectivity index (χ0n) is 29.0. The Morgan fingerprint density at radius 3 is 0.139 bits per heavy atom. The predicted molar refractivity (Wildman–Crippen MR) is 184 cm³/mol. The van der Waals surface area contributed by atoms with Crippen LogP contribution < -0.4 is 28.2 Å². The first kappa shape index (κ1) is 77.0. The highest BCUT2D eigenvalue weighted by atomic mass is 31.2. The van der Waals surface area contributed by atoms with E-state index in [2.05, 4.69) is 160 Å². The second-order valence-corrected chi connectivity index (χ2v) is 48.3. The zero-order valence-corrected chi connectivity index (χ0v) is 34.3. The van der Waals surface area contributed by atoms with Crippen molar-refractivity contribution >= 4 is 43.6 Å². The van der Waals surface area contributed by atoms with Gasteiger partial charge in [0.15, 0.2) is 0 Å². The molecule has 0 aromatic rings. The van der Waals surface area contributed by atoms with Gasteiger partial charge in [-0.3, -0.25) is 0 Å². The van der Waals surface area contributed by atoms with Gasteiger partial charge in [0.05, 0.1) is 0 Å². The average Bonchev–Trinajstić information content (AvgIpc) is 1.94. The molecule has 0 aliphatic carbocycles. The van der Waals surface area contributed by atoms with Crippen LogP contribution in [0.25, 0.3) is 0 Å². The van der Waals surface area contributed by atoms with Crippen LogP contribution in [0.2, 0.25) is 0 Å². The van der Waals surface area contributed by atoms with Crippen LogP contribution >= 0.6 is 43.6 Å². The number of halogens is 6. The molecule has 0 spiro atoms. The van der Waals surface area contributed by atoms with Crippen molar-refractivity contribution in [2.24, 2.45) is 0 Å². The molecule has 0 bridgehead atoms. The molecule has 0 atom stereocenters. The Balaban J connectivity index is -0.0000000186. The summed E-state index contributed by atoms with van der Waals surface area (Å²) in [5.41, 5.74) is 0. The molecule has 12 heteroatoms. The number of rotatable bonds is 0. The minimum Gasteiger partial charge on any atom is -1.00 e. The Morgan fingerprint density at radius 2 is 0.139 bits per heavy atom. The van der Waals surface area contributed by atoms with E-state index in [0.717, 1.165) is 0 Å². The Labute approximate surface area is 231 Å². The van der Waals surface area contributed by atoms with Gasteiger partial charge in [-0.2, -0.15) is 0 Å². The second kappa shape index (κ2) is 33.4. The summed E-state index contributed by atoms with van der Waals surface area (Å²) in [6.45, 7) is 55.2. The van der Waals surface area contributed by atoms with Gasteiger partial charge in [-0.15, -0.1) is 0 Å². The lowest BCUT2D eigenvalue weighted by molar-refractivity contribution is -0.00100.